The van der Waals surface area contributed by atoms with E-state index in [1.54, 1.807) is 0 Å². The number of hydrogen-bond acceptors (Lipinski definition) is 0. The number of benzene rings is 1. The third kappa shape index (κ3) is 8.34. The zero-order chi connectivity index (χ0) is 26.7. The van der Waals surface area contributed by atoms with Gasteiger partial charge < -0.3 is 0 Å². The van der Waals surface area contributed by atoms with Crippen molar-refractivity contribution < 1.29 is 4.39 Å². The van der Waals surface area contributed by atoms with Crippen LogP contribution in [0, 0.1) is 35.4 Å². The number of halogens is 2. The molecule has 0 spiro atoms. The molecule has 2 saturated carbocycles. The maximum absolute atomic E-state index is 15.1. The van der Waals surface area contributed by atoms with Gasteiger partial charge >= 0.3 is 0 Å². The van der Waals surface area contributed by atoms with Crippen LogP contribution in [0.1, 0.15) is 153 Å². The lowest BCUT2D eigenvalue weighted by atomic mass is 9.65. The average molecular weight is 543 g/mol. The minimum atomic E-state index is -0.170. The van der Waals surface area contributed by atoms with Crippen LogP contribution in [0.4, 0.5) is 4.39 Å². The van der Waals surface area contributed by atoms with E-state index in [-0.39, 0.29) is 5.82 Å². The first kappa shape index (κ1) is 30.1. The SMILES string of the molecule is CCCCCCCc1ccc(C2=CCC(C3CCC(C4CCC(CCCCC)CC4)CC3)CC2)c(Cl)c1F. The number of hydrogen-bond donors (Lipinski definition) is 0. The Balaban J connectivity index is 1.21. The monoisotopic (exact) mass is 542 g/mol. The van der Waals surface area contributed by atoms with Gasteiger partial charge in [0.15, 0.2) is 0 Å². The highest BCUT2D eigenvalue weighted by Crippen LogP contribution is 2.46. The summed E-state index contributed by atoms with van der Waals surface area (Å²) < 4.78 is 15.1. The van der Waals surface area contributed by atoms with E-state index in [0.29, 0.717) is 5.02 Å². The quantitative estimate of drug-likeness (QED) is 0.217. The lowest BCUT2D eigenvalue weighted by Gasteiger charge is -2.40. The van der Waals surface area contributed by atoms with Gasteiger partial charge in [0.1, 0.15) is 5.82 Å². The molecule has 0 bridgehead atoms. The number of unbranched alkanes of at least 4 members (excludes halogenated alkanes) is 6. The zero-order valence-electron chi connectivity index (χ0n) is 24.7. The molecule has 2 fully saturated rings. The Morgan fingerprint density at radius 2 is 1.32 bits per heavy atom. The molecule has 38 heavy (non-hydrogen) atoms. The molecule has 0 aromatic heterocycles. The summed E-state index contributed by atoms with van der Waals surface area (Å²) in [5, 5.41) is 0.362. The van der Waals surface area contributed by atoms with E-state index in [1.165, 1.54) is 115 Å². The zero-order valence-corrected chi connectivity index (χ0v) is 25.5. The molecule has 1 aromatic rings. The van der Waals surface area contributed by atoms with Crippen LogP contribution in [0.5, 0.6) is 0 Å². The predicted octanol–water partition coefficient (Wildman–Crippen LogP) is 12.4. The Kier molecular flexibility index (Phi) is 12.6. The lowest BCUT2D eigenvalue weighted by molar-refractivity contribution is 0.120. The Labute approximate surface area is 239 Å². The topological polar surface area (TPSA) is 0 Å². The molecule has 3 aliphatic rings. The fourth-order valence-corrected chi connectivity index (χ4v) is 8.50. The third-order valence-corrected chi connectivity index (χ3v) is 11.1. The van der Waals surface area contributed by atoms with E-state index in [1.807, 2.05) is 6.07 Å². The first-order valence-electron chi connectivity index (χ1n) is 16.8. The summed E-state index contributed by atoms with van der Waals surface area (Å²) in [7, 11) is 0. The van der Waals surface area contributed by atoms with Crippen molar-refractivity contribution in [2.45, 2.75) is 149 Å². The molecule has 0 heterocycles. The molecule has 214 valence electrons. The van der Waals surface area contributed by atoms with Crippen molar-refractivity contribution in [2.24, 2.45) is 29.6 Å². The van der Waals surface area contributed by atoms with Crippen molar-refractivity contribution >= 4 is 17.2 Å². The Morgan fingerprint density at radius 1 is 0.711 bits per heavy atom. The molecule has 0 nitrogen and oxygen atoms in total. The molecule has 1 aromatic carbocycles. The molecule has 0 N–H and O–H groups in total. The highest BCUT2D eigenvalue weighted by Gasteiger charge is 2.34. The van der Waals surface area contributed by atoms with E-state index in [9.17, 15) is 0 Å². The number of rotatable bonds is 13. The second kappa shape index (κ2) is 15.8. The van der Waals surface area contributed by atoms with Crippen LogP contribution in [0.2, 0.25) is 5.02 Å². The largest absolute Gasteiger partial charge is 0.205 e. The van der Waals surface area contributed by atoms with E-state index < -0.39 is 0 Å². The molecule has 2 heteroatoms. The van der Waals surface area contributed by atoms with Crippen LogP contribution in [0.15, 0.2) is 18.2 Å². The maximum atomic E-state index is 15.1. The van der Waals surface area contributed by atoms with Crippen LogP contribution < -0.4 is 0 Å². The Bertz CT molecular complexity index is 856. The first-order chi connectivity index (χ1) is 18.6. The van der Waals surface area contributed by atoms with E-state index in [2.05, 4.69) is 26.0 Å². The molecular formula is C36H56ClF. The molecular weight excluding hydrogens is 487 g/mol. The third-order valence-electron chi connectivity index (χ3n) is 10.8. The first-order valence-corrected chi connectivity index (χ1v) is 17.1. The summed E-state index contributed by atoms with van der Waals surface area (Å²) in [6.07, 6.45) is 30.3. The van der Waals surface area contributed by atoms with Gasteiger partial charge in [-0.1, -0.05) is 108 Å². The molecule has 4 rings (SSSR count). The van der Waals surface area contributed by atoms with Crippen molar-refractivity contribution in [3.05, 3.63) is 40.2 Å². The van der Waals surface area contributed by atoms with Crippen LogP contribution in [-0.4, -0.2) is 0 Å². The van der Waals surface area contributed by atoms with Crippen LogP contribution in [-0.2, 0) is 6.42 Å². The van der Waals surface area contributed by atoms with Gasteiger partial charge in [0.2, 0.25) is 0 Å². The van der Waals surface area contributed by atoms with Gasteiger partial charge in [-0.05, 0) is 117 Å². The standard InChI is InChI=1S/C36H56ClF/c1-3-5-7-8-10-12-33-25-26-34(35(37)36(33)38)32-23-21-31(22-24-32)30-19-17-29(18-20-30)28-15-13-27(14-16-28)11-9-6-4-2/h23,25-31H,3-22,24H2,1-2H3. The molecule has 1 unspecified atom stereocenters. The summed E-state index contributed by atoms with van der Waals surface area (Å²) in [5.41, 5.74) is 3.03. The van der Waals surface area contributed by atoms with Crippen molar-refractivity contribution in [1.29, 1.82) is 0 Å². The molecule has 0 amide bonds. The van der Waals surface area contributed by atoms with E-state index >= 15 is 4.39 Å². The summed E-state index contributed by atoms with van der Waals surface area (Å²) in [6.45, 7) is 4.55. The minimum absolute atomic E-state index is 0.170. The van der Waals surface area contributed by atoms with Gasteiger partial charge in [-0.15, -0.1) is 0 Å². The lowest BCUT2D eigenvalue weighted by Crippen LogP contribution is -2.28. The highest BCUT2D eigenvalue weighted by molar-refractivity contribution is 6.32. The fourth-order valence-electron chi connectivity index (χ4n) is 8.20. The smallest absolute Gasteiger partial charge is 0.145 e. The fraction of sp³-hybridized carbons (Fsp3) is 0.778. The van der Waals surface area contributed by atoms with Crippen molar-refractivity contribution in [2.75, 3.05) is 0 Å². The van der Waals surface area contributed by atoms with Crippen LogP contribution >= 0.6 is 11.6 Å². The maximum Gasteiger partial charge on any atom is 0.145 e. The molecule has 0 aliphatic heterocycles. The summed E-state index contributed by atoms with van der Waals surface area (Å²) >= 11 is 6.59. The summed E-state index contributed by atoms with van der Waals surface area (Å²) in [5.74, 6) is 4.61. The van der Waals surface area contributed by atoms with Crippen molar-refractivity contribution in [1.82, 2.24) is 0 Å². The molecule has 3 aliphatic carbocycles. The minimum Gasteiger partial charge on any atom is -0.205 e. The van der Waals surface area contributed by atoms with Crippen LogP contribution in [0.3, 0.4) is 0 Å². The van der Waals surface area contributed by atoms with E-state index in [4.69, 9.17) is 11.6 Å². The van der Waals surface area contributed by atoms with Crippen molar-refractivity contribution in [3.8, 4) is 0 Å². The van der Waals surface area contributed by atoms with Gasteiger partial charge in [-0.2, -0.15) is 0 Å². The molecule has 1 atom stereocenters. The van der Waals surface area contributed by atoms with Gasteiger partial charge in [-0.3, -0.25) is 0 Å². The van der Waals surface area contributed by atoms with Gasteiger partial charge in [0, 0.05) is 0 Å². The molecule has 0 saturated heterocycles. The predicted molar refractivity (Wildman–Crippen MR) is 164 cm³/mol. The number of aryl methyl sites for hydroxylation is 1. The average Bonchev–Trinajstić information content (AvgIpc) is 2.96. The second-order valence-electron chi connectivity index (χ2n) is 13.3. The molecule has 0 radical (unpaired) electrons. The van der Waals surface area contributed by atoms with Gasteiger partial charge in [-0.25, -0.2) is 4.39 Å². The summed E-state index contributed by atoms with van der Waals surface area (Å²) in [6, 6.07) is 4.10. The van der Waals surface area contributed by atoms with E-state index in [0.717, 1.165) is 66.4 Å². The Hall–Kier alpha value is -0.820. The second-order valence-corrected chi connectivity index (χ2v) is 13.7. The summed E-state index contributed by atoms with van der Waals surface area (Å²) in [4.78, 5) is 0. The highest BCUT2D eigenvalue weighted by atomic mass is 35.5. The van der Waals surface area contributed by atoms with Crippen molar-refractivity contribution in [3.63, 3.8) is 0 Å². The van der Waals surface area contributed by atoms with Crippen LogP contribution in [0.25, 0.3) is 5.57 Å². The Morgan fingerprint density at radius 3 is 1.95 bits per heavy atom. The van der Waals surface area contributed by atoms with Gasteiger partial charge in [0.25, 0.3) is 0 Å². The van der Waals surface area contributed by atoms with Gasteiger partial charge in [0.05, 0.1) is 5.02 Å². The normalized spacial score (nSPS) is 28.3. The number of allylic oxidation sites excluding steroid dienone is 2.